The van der Waals surface area contributed by atoms with Gasteiger partial charge in [-0.3, -0.25) is 9.69 Å². The molecule has 1 aromatic rings. The van der Waals surface area contributed by atoms with Crippen LogP contribution in [0.15, 0.2) is 24.3 Å². The molecule has 1 N–H and O–H groups in total. The fourth-order valence-corrected chi connectivity index (χ4v) is 2.48. The maximum Gasteiger partial charge on any atom is 0.321 e. The molecule has 2 rings (SSSR count). The van der Waals surface area contributed by atoms with Gasteiger partial charge in [-0.2, -0.15) is 0 Å². The Labute approximate surface area is 125 Å². The van der Waals surface area contributed by atoms with Crippen LogP contribution >= 0.6 is 0 Å². The van der Waals surface area contributed by atoms with Crippen molar-refractivity contribution in [1.29, 1.82) is 0 Å². The van der Waals surface area contributed by atoms with Crippen molar-refractivity contribution < 1.29 is 14.3 Å². The molecule has 1 aliphatic heterocycles. The molecule has 1 unspecified atom stereocenters. The molecule has 1 atom stereocenters. The molecule has 21 heavy (non-hydrogen) atoms. The first-order valence-electron chi connectivity index (χ1n) is 7.40. The Balaban J connectivity index is 1.82. The third kappa shape index (κ3) is 3.97. The van der Waals surface area contributed by atoms with Crippen molar-refractivity contribution in [1.82, 2.24) is 5.32 Å². The van der Waals surface area contributed by atoms with Crippen LogP contribution in [0.5, 0.6) is 0 Å². The van der Waals surface area contributed by atoms with Crippen LogP contribution in [0.4, 0.5) is 10.5 Å². The van der Waals surface area contributed by atoms with Crippen LogP contribution in [0.2, 0.25) is 0 Å². The van der Waals surface area contributed by atoms with E-state index in [2.05, 4.69) is 5.32 Å². The van der Waals surface area contributed by atoms with Crippen molar-refractivity contribution in [3.05, 3.63) is 29.8 Å². The van der Waals surface area contributed by atoms with Crippen LogP contribution in [0.3, 0.4) is 0 Å². The number of carbonyl (C=O) groups is 2. The molecule has 5 nitrogen and oxygen atoms in total. The molecule has 1 aromatic carbocycles. The standard InChI is InChI=1S/C16H22N2O3/c1-3-21-15(19)10-12(2)11-17-16(20)18-9-8-13-6-4-5-7-14(13)18/h4-7,12H,3,8-11H2,1-2H3,(H,17,20). The minimum Gasteiger partial charge on any atom is -0.466 e. The van der Waals surface area contributed by atoms with Gasteiger partial charge in [0.05, 0.1) is 6.61 Å². The number of anilines is 1. The number of fused-ring (bicyclic) bond motifs is 1. The third-order valence-electron chi connectivity index (χ3n) is 3.55. The zero-order valence-electron chi connectivity index (χ0n) is 12.6. The number of rotatable bonds is 5. The Morgan fingerprint density at radius 3 is 2.90 bits per heavy atom. The van der Waals surface area contributed by atoms with Gasteiger partial charge in [0.15, 0.2) is 0 Å². The number of nitrogens with zero attached hydrogens (tertiary/aromatic N) is 1. The first kappa shape index (κ1) is 15.4. The molecule has 0 radical (unpaired) electrons. The molecule has 114 valence electrons. The lowest BCUT2D eigenvalue weighted by atomic mass is 10.1. The van der Waals surface area contributed by atoms with E-state index in [1.807, 2.05) is 31.2 Å². The highest BCUT2D eigenvalue weighted by molar-refractivity contribution is 5.94. The molecule has 1 heterocycles. The molecular formula is C16H22N2O3. The second-order valence-electron chi connectivity index (χ2n) is 5.33. The van der Waals surface area contributed by atoms with Crippen molar-refractivity contribution in [3.63, 3.8) is 0 Å². The monoisotopic (exact) mass is 290 g/mol. The molecule has 1 aliphatic rings. The van der Waals surface area contributed by atoms with Gasteiger partial charge >= 0.3 is 12.0 Å². The van der Waals surface area contributed by atoms with E-state index in [-0.39, 0.29) is 17.9 Å². The third-order valence-corrected chi connectivity index (χ3v) is 3.55. The van der Waals surface area contributed by atoms with E-state index < -0.39 is 0 Å². The average molecular weight is 290 g/mol. The van der Waals surface area contributed by atoms with E-state index in [1.165, 1.54) is 5.56 Å². The summed E-state index contributed by atoms with van der Waals surface area (Å²) >= 11 is 0. The van der Waals surface area contributed by atoms with Gasteiger partial charge in [-0.1, -0.05) is 25.1 Å². The number of ether oxygens (including phenoxy) is 1. The van der Waals surface area contributed by atoms with Crippen molar-refractivity contribution in [2.24, 2.45) is 5.92 Å². The molecule has 0 aromatic heterocycles. The zero-order chi connectivity index (χ0) is 15.2. The lowest BCUT2D eigenvalue weighted by Crippen LogP contribution is -2.41. The van der Waals surface area contributed by atoms with E-state index in [1.54, 1.807) is 11.8 Å². The van der Waals surface area contributed by atoms with Crippen molar-refractivity contribution in [2.45, 2.75) is 26.7 Å². The van der Waals surface area contributed by atoms with E-state index >= 15 is 0 Å². The van der Waals surface area contributed by atoms with Gasteiger partial charge < -0.3 is 10.1 Å². The van der Waals surface area contributed by atoms with Gasteiger partial charge in [-0.15, -0.1) is 0 Å². The molecule has 0 bridgehead atoms. The number of carbonyl (C=O) groups excluding carboxylic acids is 2. The quantitative estimate of drug-likeness (QED) is 0.847. The summed E-state index contributed by atoms with van der Waals surface area (Å²) in [6.45, 7) is 5.28. The van der Waals surface area contributed by atoms with Crippen LogP contribution in [0, 0.1) is 5.92 Å². The lowest BCUT2D eigenvalue weighted by Gasteiger charge is -2.19. The molecular weight excluding hydrogens is 268 g/mol. The summed E-state index contributed by atoms with van der Waals surface area (Å²) in [7, 11) is 0. The number of nitrogens with one attached hydrogen (secondary N) is 1. The lowest BCUT2D eigenvalue weighted by molar-refractivity contribution is -0.144. The van der Waals surface area contributed by atoms with Crippen molar-refractivity contribution in [3.8, 4) is 0 Å². The molecule has 0 aliphatic carbocycles. The van der Waals surface area contributed by atoms with Crippen LogP contribution in [-0.2, 0) is 16.0 Å². The van der Waals surface area contributed by atoms with E-state index in [0.717, 1.165) is 12.1 Å². The normalized spacial score (nSPS) is 14.5. The summed E-state index contributed by atoms with van der Waals surface area (Å²) in [6, 6.07) is 7.83. The number of para-hydroxylation sites is 1. The highest BCUT2D eigenvalue weighted by atomic mass is 16.5. The molecule has 0 saturated heterocycles. The van der Waals surface area contributed by atoms with Gasteiger partial charge in [-0.05, 0) is 30.9 Å². The van der Waals surface area contributed by atoms with Gasteiger partial charge in [0.2, 0.25) is 0 Å². The first-order chi connectivity index (χ1) is 10.1. The van der Waals surface area contributed by atoms with Crippen molar-refractivity contribution >= 4 is 17.7 Å². The SMILES string of the molecule is CCOC(=O)CC(C)CNC(=O)N1CCc2ccccc21. The summed E-state index contributed by atoms with van der Waals surface area (Å²) in [6.07, 6.45) is 1.21. The molecule has 2 amide bonds. The number of hydrogen-bond donors (Lipinski definition) is 1. The van der Waals surface area contributed by atoms with Gasteiger partial charge in [0.25, 0.3) is 0 Å². The van der Waals surface area contributed by atoms with E-state index in [4.69, 9.17) is 4.74 Å². The smallest absolute Gasteiger partial charge is 0.321 e. The Kier molecular flexibility index (Phi) is 5.20. The van der Waals surface area contributed by atoms with Gasteiger partial charge in [0.1, 0.15) is 0 Å². The number of esters is 1. The number of benzene rings is 1. The summed E-state index contributed by atoms with van der Waals surface area (Å²) in [5, 5.41) is 2.89. The predicted octanol–water partition coefficient (Wildman–Crippen LogP) is 2.35. The summed E-state index contributed by atoms with van der Waals surface area (Å²) in [5.41, 5.74) is 2.18. The Hall–Kier alpha value is -2.04. The van der Waals surface area contributed by atoms with Crippen LogP contribution in [0.1, 0.15) is 25.8 Å². The topological polar surface area (TPSA) is 58.6 Å². The fraction of sp³-hybridized carbons (Fsp3) is 0.500. The predicted molar refractivity (Wildman–Crippen MR) is 81.3 cm³/mol. The van der Waals surface area contributed by atoms with Crippen LogP contribution < -0.4 is 10.2 Å². The molecule has 0 saturated carbocycles. The largest absolute Gasteiger partial charge is 0.466 e. The minimum atomic E-state index is -0.217. The van der Waals surface area contributed by atoms with Gasteiger partial charge in [0, 0.05) is 25.2 Å². The second-order valence-corrected chi connectivity index (χ2v) is 5.33. The number of urea groups is 1. The number of amides is 2. The van der Waals surface area contributed by atoms with E-state index in [9.17, 15) is 9.59 Å². The maximum absolute atomic E-state index is 12.2. The summed E-state index contributed by atoms with van der Waals surface area (Å²) in [5.74, 6) is -0.156. The minimum absolute atomic E-state index is 0.0610. The summed E-state index contributed by atoms with van der Waals surface area (Å²) < 4.78 is 4.90. The maximum atomic E-state index is 12.2. The van der Waals surface area contributed by atoms with Gasteiger partial charge in [-0.25, -0.2) is 4.79 Å². The van der Waals surface area contributed by atoms with Crippen LogP contribution in [-0.4, -0.2) is 31.7 Å². The molecule has 0 fully saturated rings. The van der Waals surface area contributed by atoms with Crippen molar-refractivity contribution in [2.75, 3.05) is 24.6 Å². The van der Waals surface area contributed by atoms with E-state index in [0.29, 0.717) is 26.1 Å². The average Bonchev–Trinajstić information content (AvgIpc) is 2.89. The Morgan fingerprint density at radius 1 is 1.38 bits per heavy atom. The molecule has 5 heteroatoms. The highest BCUT2D eigenvalue weighted by Crippen LogP contribution is 2.27. The number of hydrogen-bond acceptors (Lipinski definition) is 3. The highest BCUT2D eigenvalue weighted by Gasteiger charge is 2.24. The molecule has 0 spiro atoms. The Bertz CT molecular complexity index is 516. The second kappa shape index (κ2) is 7.11. The fourth-order valence-electron chi connectivity index (χ4n) is 2.48. The van der Waals surface area contributed by atoms with Crippen LogP contribution in [0.25, 0.3) is 0 Å². The zero-order valence-corrected chi connectivity index (χ0v) is 12.6. The Morgan fingerprint density at radius 2 is 2.14 bits per heavy atom. The summed E-state index contributed by atoms with van der Waals surface area (Å²) in [4.78, 5) is 25.4. The first-order valence-corrected chi connectivity index (χ1v) is 7.40.